The van der Waals surface area contributed by atoms with Gasteiger partial charge in [0.2, 0.25) is 5.82 Å². The zero-order valence-electron chi connectivity index (χ0n) is 10.4. The first-order valence-electron chi connectivity index (χ1n) is 6.48. The summed E-state index contributed by atoms with van der Waals surface area (Å²) in [5.74, 6) is 0.641. The van der Waals surface area contributed by atoms with Gasteiger partial charge in [-0.05, 0) is 18.2 Å². The predicted octanol–water partition coefficient (Wildman–Crippen LogP) is 3.06. The van der Waals surface area contributed by atoms with Crippen LogP contribution in [0.3, 0.4) is 0 Å². The van der Waals surface area contributed by atoms with Gasteiger partial charge in [0.05, 0.1) is 11.1 Å². The van der Waals surface area contributed by atoms with Gasteiger partial charge in [-0.2, -0.15) is 5.26 Å². The topological polar surface area (TPSA) is 62.6 Å². The van der Waals surface area contributed by atoms with E-state index < -0.39 is 10.2 Å². The Hall–Kier alpha value is -2.09. The van der Waals surface area contributed by atoms with E-state index >= 15 is 0 Å². The van der Waals surface area contributed by atoms with E-state index in [1.54, 1.807) is 0 Å². The van der Waals surface area contributed by atoms with Crippen molar-refractivity contribution in [3.8, 4) is 6.07 Å². The zero-order chi connectivity index (χ0) is 13.1. The van der Waals surface area contributed by atoms with E-state index in [4.69, 9.17) is 0 Å². The van der Waals surface area contributed by atoms with Gasteiger partial charge in [-0.15, -0.1) is 0 Å². The lowest BCUT2D eigenvalue weighted by atomic mass is 10.1. The van der Waals surface area contributed by atoms with E-state index in [0.717, 1.165) is 16.5 Å². The Morgan fingerprint density at radius 3 is 2.84 bits per heavy atom. The fourth-order valence-electron chi connectivity index (χ4n) is 3.07. The van der Waals surface area contributed by atoms with Crippen molar-refractivity contribution >= 4 is 22.8 Å². The Morgan fingerprint density at radius 1 is 1.32 bits per heavy atom. The minimum Gasteiger partial charge on any atom is -0.625 e. The van der Waals surface area contributed by atoms with Gasteiger partial charge in [-0.3, -0.25) is 4.65 Å². The lowest BCUT2D eigenvalue weighted by Gasteiger charge is -2.45. The molecule has 1 saturated carbocycles. The van der Waals surface area contributed by atoms with Crippen molar-refractivity contribution in [2.24, 2.45) is 0 Å². The van der Waals surface area contributed by atoms with Crippen LogP contribution in [-0.4, -0.2) is 17.1 Å². The molecule has 94 valence electrons. The standard InChI is InChI=1S/C15H13N3O/c16-10-15(7-8-15)18(19)9-3-5-12-11-4-1-2-6-13(11)17-14(12)18/h1-6,17H,7-9H2. The molecule has 1 atom stereocenters. The molecule has 2 aliphatic rings. The first kappa shape index (κ1) is 10.8. The molecule has 2 heterocycles. The summed E-state index contributed by atoms with van der Waals surface area (Å²) in [4.78, 5) is 3.24. The summed E-state index contributed by atoms with van der Waals surface area (Å²) in [5.41, 5.74) is 1.13. The highest BCUT2D eigenvalue weighted by atomic mass is 16.6. The number of nitriles is 1. The highest BCUT2D eigenvalue weighted by Gasteiger charge is 2.59. The van der Waals surface area contributed by atoms with E-state index in [1.807, 2.05) is 36.4 Å². The summed E-state index contributed by atoms with van der Waals surface area (Å²) in [7, 11) is 0. The summed E-state index contributed by atoms with van der Waals surface area (Å²) in [6, 6.07) is 10.2. The van der Waals surface area contributed by atoms with Crippen molar-refractivity contribution in [3.05, 3.63) is 41.1 Å². The highest BCUT2D eigenvalue weighted by molar-refractivity contribution is 5.96. The first-order valence-corrected chi connectivity index (χ1v) is 6.48. The van der Waals surface area contributed by atoms with Crippen LogP contribution < -0.4 is 4.65 Å². The molecule has 1 aliphatic carbocycles. The minimum absolute atomic E-state index is 0.341. The second-order valence-corrected chi connectivity index (χ2v) is 5.40. The Bertz CT molecular complexity index is 748. The molecule has 4 heteroatoms. The molecule has 19 heavy (non-hydrogen) atoms. The fourth-order valence-corrected chi connectivity index (χ4v) is 3.07. The van der Waals surface area contributed by atoms with Gasteiger partial charge in [-0.25, -0.2) is 0 Å². The molecule has 1 N–H and O–H groups in total. The van der Waals surface area contributed by atoms with Crippen LogP contribution in [0.5, 0.6) is 0 Å². The average molecular weight is 251 g/mol. The van der Waals surface area contributed by atoms with Crippen LogP contribution in [0.25, 0.3) is 17.0 Å². The van der Waals surface area contributed by atoms with Gasteiger partial charge in [0.25, 0.3) is 0 Å². The van der Waals surface area contributed by atoms with Crippen molar-refractivity contribution in [1.82, 2.24) is 9.63 Å². The maximum absolute atomic E-state index is 13.3. The monoisotopic (exact) mass is 251 g/mol. The normalized spacial score (nSPS) is 26.9. The molecule has 1 aliphatic heterocycles. The molecule has 2 aromatic rings. The maximum Gasteiger partial charge on any atom is 0.215 e. The van der Waals surface area contributed by atoms with Gasteiger partial charge in [0.1, 0.15) is 12.6 Å². The number of nitrogens with one attached hydrogen (secondary N) is 1. The number of rotatable bonds is 1. The second-order valence-electron chi connectivity index (χ2n) is 5.40. The number of fused-ring (bicyclic) bond motifs is 3. The lowest BCUT2D eigenvalue weighted by Crippen LogP contribution is -2.54. The third-order valence-electron chi connectivity index (χ3n) is 4.36. The SMILES string of the molecule is N#CC1([N+]2([O-])CC=Cc3c2[nH]c2ccccc32)CC1. The maximum atomic E-state index is 13.3. The van der Waals surface area contributed by atoms with Crippen LogP contribution in [0, 0.1) is 16.5 Å². The van der Waals surface area contributed by atoms with Crippen LogP contribution >= 0.6 is 0 Å². The molecular weight excluding hydrogens is 238 g/mol. The average Bonchev–Trinajstić information content (AvgIpc) is 3.16. The zero-order valence-corrected chi connectivity index (χ0v) is 10.4. The second kappa shape index (κ2) is 3.27. The minimum atomic E-state index is -0.777. The lowest BCUT2D eigenvalue weighted by molar-refractivity contribution is 0.326. The van der Waals surface area contributed by atoms with Crippen LogP contribution in [0.4, 0.5) is 5.82 Å². The smallest absolute Gasteiger partial charge is 0.215 e. The molecule has 1 unspecified atom stereocenters. The van der Waals surface area contributed by atoms with Crippen LogP contribution in [0.2, 0.25) is 0 Å². The number of aromatic amines is 1. The number of hydrogen-bond acceptors (Lipinski definition) is 2. The summed E-state index contributed by atoms with van der Waals surface area (Å²) in [6.45, 7) is 0.341. The number of aromatic nitrogens is 1. The third kappa shape index (κ3) is 1.19. The molecule has 0 spiro atoms. The van der Waals surface area contributed by atoms with E-state index in [0.29, 0.717) is 25.2 Å². The number of H-pyrrole nitrogens is 1. The van der Waals surface area contributed by atoms with Gasteiger partial charge in [0.15, 0.2) is 5.54 Å². The number of benzene rings is 1. The molecule has 0 radical (unpaired) electrons. The largest absolute Gasteiger partial charge is 0.625 e. The molecule has 0 bridgehead atoms. The summed E-state index contributed by atoms with van der Waals surface area (Å²) in [6.07, 6.45) is 5.27. The van der Waals surface area contributed by atoms with Crippen LogP contribution in [0.1, 0.15) is 18.4 Å². The van der Waals surface area contributed by atoms with Gasteiger partial charge in [-0.1, -0.05) is 18.2 Å². The Balaban J connectivity index is 2.02. The molecule has 4 nitrogen and oxygen atoms in total. The Morgan fingerprint density at radius 2 is 2.11 bits per heavy atom. The predicted molar refractivity (Wildman–Crippen MR) is 74.9 cm³/mol. The highest BCUT2D eigenvalue weighted by Crippen LogP contribution is 2.51. The number of nitrogens with zero attached hydrogens (tertiary/aromatic N) is 2. The van der Waals surface area contributed by atoms with E-state index in [-0.39, 0.29) is 0 Å². The molecule has 1 aromatic heterocycles. The van der Waals surface area contributed by atoms with Crippen molar-refractivity contribution in [2.75, 3.05) is 6.54 Å². The Kier molecular flexibility index (Phi) is 1.86. The molecule has 1 aromatic carbocycles. The number of para-hydroxylation sites is 1. The van der Waals surface area contributed by atoms with Gasteiger partial charge >= 0.3 is 0 Å². The number of hydroxylamine groups is 2. The molecule has 0 saturated heterocycles. The van der Waals surface area contributed by atoms with Crippen molar-refractivity contribution in [1.29, 1.82) is 5.26 Å². The summed E-state index contributed by atoms with van der Waals surface area (Å²) in [5, 5.41) is 23.7. The van der Waals surface area contributed by atoms with Crippen LogP contribution in [-0.2, 0) is 0 Å². The Labute approximate surface area is 110 Å². The third-order valence-corrected chi connectivity index (χ3v) is 4.36. The summed E-state index contributed by atoms with van der Waals surface area (Å²) >= 11 is 0. The summed E-state index contributed by atoms with van der Waals surface area (Å²) < 4.78 is -0.552. The van der Waals surface area contributed by atoms with Crippen molar-refractivity contribution < 1.29 is 0 Å². The quantitative estimate of drug-likeness (QED) is 0.625. The molecule has 1 fully saturated rings. The van der Waals surface area contributed by atoms with Crippen LogP contribution in [0.15, 0.2) is 30.3 Å². The van der Waals surface area contributed by atoms with Gasteiger partial charge in [0, 0.05) is 18.2 Å². The molecule has 0 amide bonds. The van der Waals surface area contributed by atoms with E-state index in [1.165, 1.54) is 0 Å². The van der Waals surface area contributed by atoms with E-state index in [2.05, 4.69) is 11.1 Å². The number of hydrogen-bond donors (Lipinski definition) is 1. The fraction of sp³-hybridized carbons (Fsp3) is 0.267. The first-order chi connectivity index (χ1) is 9.20. The van der Waals surface area contributed by atoms with Crippen molar-refractivity contribution in [2.45, 2.75) is 18.4 Å². The molecular formula is C15H13N3O. The van der Waals surface area contributed by atoms with Crippen molar-refractivity contribution in [3.63, 3.8) is 0 Å². The molecule has 4 rings (SSSR count). The number of quaternary nitrogens is 1. The van der Waals surface area contributed by atoms with Gasteiger partial charge < -0.3 is 10.2 Å². The van der Waals surface area contributed by atoms with E-state index in [9.17, 15) is 10.5 Å².